The number of nitrogens with zero attached hydrogens (tertiary/aromatic N) is 2. The third-order valence-corrected chi connectivity index (χ3v) is 3.61. The van der Waals surface area contributed by atoms with E-state index in [9.17, 15) is 4.79 Å². The van der Waals surface area contributed by atoms with Gasteiger partial charge < -0.3 is 20.4 Å². The van der Waals surface area contributed by atoms with E-state index < -0.39 is 0 Å². The molecule has 0 radical (unpaired) electrons. The summed E-state index contributed by atoms with van der Waals surface area (Å²) in [6.45, 7) is 5.46. The van der Waals surface area contributed by atoms with E-state index in [-0.39, 0.29) is 5.91 Å². The lowest BCUT2D eigenvalue weighted by Crippen LogP contribution is -2.48. The number of nitrogens with one attached hydrogen (secondary N) is 2. The van der Waals surface area contributed by atoms with Crippen LogP contribution in [0.3, 0.4) is 0 Å². The largest absolute Gasteiger partial charge is 0.346 e. The SMILES string of the molecule is CC(=O)Nc1ccc(NC(=S)N2CCN(C)CC2)cc1. The Morgan fingerprint density at radius 1 is 1.05 bits per heavy atom. The van der Waals surface area contributed by atoms with Crippen molar-refractivity contribution in [2.45, 2.75) is 6.92 Å². The van der Waals surface area contributed by atoms with Crippen molar-refractivity contribution >= 4 is 34.6 Å². The summed E-state index contributed by atoms with van der Waals surface area (Å²) in [5.41, 5.74) is 1.72. The van der Waals surface area contributed by atoms with Gasteiger partial charge in [-0.3, -0.25) is 4.79 Å². The highest BCUT2D eigenvalue weighted by atomic mass is 32.1. The molecule has 0 aliphatic carbocycles. The van der Waals surface area contributed by atoms with Crippen molar-refractivity contribution in [3.63, 3.8) is 0 Å². The first-order chi connectivity index (χ1) is 9.54. The van der Waals surface area contributed by atoms with E-state index in [4.69, 9.17) is 12.2 Å². The predicted octanol–water partition coefficient (Wildman–Crippen LogP) is 1.59. The van der Waals surface area contributed by atoms with Crippen LogP contribution < -0.4 is 10.6 Å². The van der Waals surface area contributed by atoms with Crippen LogP contribution in [-0.2, 0) is 4.79 Å². The maximum absolute atomic E-state index is 11.0. The van der Waals surface area contributed by atoms with E-state index in [1.54, 1.807) is 0 Å². The van der Waals surface area contributed by atoms with Crippen molar-refractivity contribution in [2.24, 2.45) is 0 Å². The van der Waals surface area contributed by atoms with Gasteiger partial charge in [-0.05, 0) is 43.5 Å². The topological polar surface area (TPSA) is 47.6 Å². The molecule has 0 saturated carbocycles. The van der Waals surface area contributed by atoms with E-state index in [2.05, 4.69) is 27.5 Å². The van der Waals surface area contributed by atoms with Crippen LogP contribution in [0.4, 0.5) is 11.4 Å². The van der Waals surface area contributed by atoms with E-state index in [0.717, 1.165) is 42.7 Å². The van der Waals surface area contributed by atoms with E-state index in [1.807, 2.05) is 24.3 Å². The van der Waals surface area contributed by atoms with Crippen LogP contribution in [0.2, 0.25) is 0 Å². The smallest absolute Gasteiger partial charge is 0.221 e. The van der Waals surface area contributed by atoms with Crippen molar-refractivity contribution in [2.75, 3.05) is 43.9 Å². The van der Waals surface area contributed by atoms with Crippen LogP contribution in [0.15, 0.2) is 24.3 Å². The lowest BCUT2D eigenvalue weighted by molar-refractivity contribution is -0.114. The van der Waals surface area contributed by atoms with Crippen LogP contribution in [0.5, 0.6) is 0 Å². The number of amides is 1. The molecule has 1 aliphatic heterocycles. The van der Waals surface area contributed by atoms with E-state index in [1.165, 1.54) is 6.92 Å². The fourth-order valence-corrected chi connectivity index (χ4v) is 2.35. The van der Waals surface area contributed by atoms with Gasteiger partial charge >= 0.3 is 0 Å². The van der Waals surface area contributed by atoms with Crippen LogP contribution in [0, 0.1) is 0 Å². The molecule has 1 heterocycles. The number of likely N-dealkylation sites (N-methyl/N-ethyl adjacent to an activating group) is 1. The molecule has 1 aliphatic rings. The molecule has 0 unspecified atom stereocenters. The number of thiocarbonyl (C=S) groups is 1. The Morgan fingerprint density at radius 3 is 2.05 bits per heavy atom. The second-order valence-electron chi connectivity index (χ2n) is 4.98. The fraction of sp³-hybridized carbons (Fsp3) is 0.429. The van der Waals surface area contributed by atoms with E-state index in [0.29, 0.717) is 0 Å². The van der Waals surface area contributed by atoms with Crippen LogP contribution in [-0.4, -0.2) is 54.0 Å². The Balaban J connectivity index is 1.89. The molecule has 0 bridgehead atoms. The Bertz CT molecular complexity index is 480. The standard InChI is InChI=1S/C14H20N4OS/c1-11(19)15-12-3-5-13(6-4-12)16-14(20)18-9-7-17(2)8-10-18/h3-6H,7-10H2,1-2H3,(H,15,19)(H,16,20). The summed E-state index contributed by atoms with van der Waals surface area (Å²) in [6.07, 6.45) is 0. The van der Waals surface area contributed by atoms with Gasteiger partial charge in [0.15, 0.2) is 5.11 Å². The predicted molar refractivity (Wildman–Crippen MR) is 86.0 cm³/mol. The first-order valence-corrected chi connectivity index (χ1v) is 7.07. The first-order valence-electron chi connectivity index (χ1n) is 6.67. The van der Waals surface area contributed by atoms with Crippen molar-refractivity contribution < 1.29 is 4.79 Å². The molecule has 108 valence electrons. The number of benzene rings is 1. The summed E-state index contributed by atoms with van der Waals surface area (Å²) in [5, 5.41) is 6.73. The zero-order valence-corrected chi connectivity index (χ0v) is 12.7. The highest BCUT2D eigenvalue weighted by Crippen LogP contribution is 2.14. The second-order valence-corrected chi connectivity index (χ2v) is 5.37. The minimum atomic E-state index is -0.0707. The lowest BCUT2D eigenvalue weighted by Gasteiger charge is -2.34. The van der Waals surface area contributed by atoms with Crippen molar-refractivity contribution in [1.29, 1.82) is 0 Å². The summed E-state index contributed by atoms with van der Waals surface area (Å²) in [5.74, 6) is -0.0707. The Morgan fingerprint density at radius 2 is 1.55 bits per heavy atom. The quantitative estimate of drug-likeness (QED) is 0.811. The third kappa shape index (κ3) is 4.18. The van der Waals surface area contributed by atoms with Crippen molar-refractivity contribution in [1.82, 2.24) is 9.80 Å². The highest BCUT2D eigenvalue weighted by Gasteiger charge is 2.16. The lowest BCUT2D eigenvalue weighted by atomic mass is 10.2. The number of rotatable bonds is 2. The molecule has 1 aromatic carbocycles. The number of anilines is 2. The summed E-state index contributed by atoms with van der Waals surface area (Å²) in [4.78, 5) is 15.4. The van der Waals surface area contributed by atoms with Gasteiger partial charge in [0.25, 0.3) is 0 Å². The zero-order chi connectivity index (χ0) is 14.5. The molecular weight excluding hydrogens is 272 g/mol. The number of carbonyl (C=O) groups excluding carboxylic acids is 1. The minimum Gasteiger partial charge on any atom is -0.346 e. The summed E-state index contributed by atoms with van der Waals surface area (Å²) in [6, 6.07) is 7.54. The number of hydrogen-bond acceptors (Lipinski definition) is 3. The average molecular weight is 292 g/mol. The maximum atomic E-state index is 11.0. The number of hydrogen-bond donors (Lipinski definition) is 2. The molecular formula is C14H20N4OS. The number of carbonyl (C=O) groups is 1. The molecule has 2 N–H and O–H groups in total. The van der Waals surface area contributed by atoms with Crippen LogP contribution >= 0.6 is 12.2 Å². The van der Waals surface area contributed by atoms with Crippen LogP contribution in [0.1, 0.15) is 6.92 Å². The summed E-state index contributed by atoms with van der Waals surface area (Å²) in [7, 11) is 2.12. The molecule has 2 rings (SSSR count). The Hall–Kier alpha value is -1.66. The van der Waals surface area contributed by atoms with Crippen molar-refractivity contribution in [3.05, 3.63) is 24.3 Å². The fourth-order valence-electron chi connectivity index (χ4n) is 2.05. The summed E-state index contributed by atoms with van der Waals surface area (Å²) < 4.78 is 0. The molecule has 20 heavy (non-hydrogen) atoms. The van der Waals surface area contributed by atoms with Gasteiger partial charge in [-0.15, -0.1) is 0 Å². The van der Waals surface area contributed by atoms with Gasteiger partial charge in [0.1, 0.15) is 0 Å². The van der Waals surface area contributed by atoms with Gasteiger partial charge in [0.05, 0.1) is 0 Å². The molecule has 5 nitrogen and oxygen atoms in total. The third-order valence-electron chi connectivity index (χ3n) is 3.25. The van der Waals surface area contributed by atoms with Crippen molar-refractivity contribution in [3.8, 4) is 0 Å². The molecule has 0 aromatic heterocycles. The molecule has 1 amide bonds. The minimum absolute atomic E-state index is 0.0707. The molecule has 0 spiro atoms. The van der Waals surface area contributed by atoms with E-state index >= 15 is 0 Å². The molecule has 0 atom stereocenters. The molecule has 1 fully saturated rings. The van der Waals surface area contributed by atoms with Gasteiger partial charge in [0.2, 0.25) is 5.91 Å². The monoisotopic (exact) mass is 292 g/mol. The molecule has 6 heteroatoms. The first kappa shape index (κ1) is 14.7. The highest BCUT2D eigenvalue weighted by molar-refractivity contribution is 7.80. The van der Waals surface area contributed by atoms with Gasteiger partial charge in [0, 0.05) is 44.5 Å². The average Bonchev–Trinajstić information content (AvgIpc) is 2.41. The maximum Gasteiger partial charge on any atom is 0.221 e. The number of piperazine rings is 1. The molecule has 1 aromatic rings. The summed E-state index contributed by atoms with van der Waals surface area (Å²) >= 11 is 5.42. The van der Waals surface area contributed by atoms with Gasteiger partial charge in [-0.25, -0.2) is 0 Å². The Kier molecular flexibility index (Phi) is 4.92. The molecule has 1 saturated heterocycles. The van der Waals surface area contributed by atoms with Gasteiger partial charge in [-0.2, -0.15) is 0 Å². The Labute approximate surface area is 124 Å². The van der Waals surface area contributed by atoms with Gasteiger partial charge in [-0.1, -0.05) is 0 Å². The van der Waals surface area contributed by atoms with Crippen LogP contribution in [0.25, 0.3) is 0 Å². The second kappa shape index (κ2) is 6.67. The normalized spacial score (nSPS) is 15.8. The zero-order valence-electron chi connectivity index (χ0n) is 11.8.